The smallest absolute Gasteiger partial charge is 0.320 e. The lowest BCUT2D eigenvalue weighted by Gasteiger charge is -2.04. The first-order chi connectivity index (χ1) is 5.54. The van der Waals surface area contributed by atoms with Crippen molar-refractivity contribution in [1.82, 2.24) is 0 Å². The molecule has 0 saturated heterocycles. The van der Waals surface area contributed by atoms with Gasteiger partial charge in [0.2, 0.25) is 0 Å². The molecule has 0 spiro atoms. The van der Waals surface area contributed by atoms with Crippen LogP contribution in [-0.2, 0) is 4.79 Å². The molecule has 0 fully saturated rings. The van der Waals surface area contributed by atoms with Gasteiger partial charge in [-0.1, -0.05) is 0 Å². The molecule has 0 radical (unpaired) electrons. The first-order valence-electron chi connectivity index (χ1n) is 3.64. The first kappa shape index (κ1) is 11.4. The topological polar surface area (TPSA) is 87.2 Å². The van der Waals surface area contributed by atoms with Crippen molar-refractivity contribution in [2.75, 3.05) is 11.5 Å². The highest BCUT2D eigenvalue weighted by Gasteiger charge is 2.09. The number of carboxylic acid groups (broad SMARTS) is 1. The van der Waals surface area contributed by atoms with Crippen molar-refractivity contribution in [2.24, 2.45) is 5.73 Å². The Bertz CT molecular complexity index is 173. The van der Waals surface area contributed by atoms with Crippen molar-refractivity contribution in [3.05, 3.63) is 0 Å². The van der Waals surface area contributed by atoms with Gasteiger partial charge in [-0.25, -0.2) is 0 Å². The van der Waals surface area contributed by atoms with Crippen LogP contribution >= 0.6 is 11.8 Å². The standard InChI is InChI=1S/C7H14N2O2S/c1-5(8)4-12-3-2-6(9)7(10)11/h6,8H,2-4,9H2,1H3,(H,10,11)/t6-/m0/s1. The number of aliphatic carboxylic acids is 1. The monoisotopic (exact) mass is 190 g/mol. The van der Waals surface area contributed by atoms with Crippen LogP contribution in [0.1, 0.15) is 13.3 Å². The number of thioether (sulfide) groups is 1. The molecule has 0 aromatic heterocycles. The summed E-state index contributed by atoms with van der Waals surface area (Å²) in [6.07, 6.45) is 0.466. The Morgan fingerprint density at radius 3 is 2.75 bits per heavy atom. The molecular weight excluding hydrogens is 176 g/mol. The van der Waals surface area contributed by atoms with Crippen LogP contribution in [0.25, 0.3) is 0 Å². The van der Waals surface area contributed by atoms with Gasteiger partial charge in [0.15, 0.2) is 0 Å². The van der Waals surface area contributed by atoms with Gasteiger partial charge < -0.3 is 16.2 Å². The van der Waals surface area contributed by atoms with Crippen molar-refractivity contribution in [1.29, 1.82) is 5.41 Å². The zero-order chi connectivity index (χ0) is 9.56. The Morgan fingerprint density at radius 2 is 2.33 bits per heavy atom. The van der Waals surface area contributed by atoms with E-state index < -0.39 is 12.0 Å². The molecule has 4 nitrogen and oxygen atoms in total. The van der Waals surface area contributed by atoms with Gasteiger partial charge in [0, 0.05) is 11.5 Å². The fourth-order valence-electron chi connectivity index (χ4n) is 0.559. The molecule has 0 aliphatic heterocycles. The fourth-order valence-corrected chi connectivity index (χ4v) is 1.43. The summed E-state index contributed by atoms with van der Waals surface area (Å²) in [4.78, 5) is 10.3. The molecule has 1 atom stereocenters. The van der Waals surface area contributed by atoms with Gasteiger partial charge in [-0.3, -0.25) is 4.79 Å². The molecule has 0 amide bonds. The molecule has 70 valence electrons. The number of hydrogen-bond acceptors (Lipinski definition) is 4. The Labute approximate surface area is 76.0 Å². The summed E-state index contributed by atoms with van der Waals surface area (Å²) in [5, 5.41) is 15.5. The summed E-state index contributed by atoms with van der Waals surface area (Å²) in [6, 6.07) is -0.761. The van der Waals surface area contributed by atoms with E-state index in [0.29, 0.717) is 23.6 Å². The molecule has 0 bridgehead atoms. The molecule has 4 N–H and O–H groups in total. The minimum absolute atomic E-state index is 0.466. The quantitative estimate of drug-likeness (QED) is 0.422. The van der Waals surface area contributed by atoms with Crippen LogP contribution < -0.4 is 5.73 Å². The predicted molar refractivity (Wildman–Crippen MR) is 51.0 cm³/mol. The molecule has 0 saturated carbocycles. The molecule has 5 heteroatoms. The Hall–Kier alpha value is -0.550. The summed E-state index contributed by atoms with van der Waals surface area (Å²) in [5.41, 5.74) is 5.87. The van der Waals surface area contributed by atoms with Crippen molar-refractivity contribution in [3.63, 3.8) is 0 Å². The highest BCUT2D eigenvalue weighted by Crippen LogP contribution is 2.04. The zero-order valence-electron chi connectivity index (χ0n) is 7.04. The maximum absolute atomic E-state index is 10.3. The van der Waals surface area contributed by atoms with Crippen LogP contribution in [0.4, 0.5) is 0 Å². The highest BCUT2D eigenvalue weighted by atomic mass is 32.2. The van der Waals surface area contributed by atoms with Gasteiger partial charge in [0.1, 0.15) is 6.04 Å². The minimum Gasteiger partial charge on any atom is -0.480 e. The van der Waals surface area contributed by atoms with Crippen molar-refractivity contribution in [2.45, 2.75) is 19.4 Å². The third-order valence-electron chi connectivity index (χ3n) is 1.21. The number of nitrogens with one attached hydrogen (secondary N) is 1. The summed E-state index contributed by atoms with van der Waals surface area (Å²) in [5.74, 6) is 0.401. The second-order valence-corrected chi connectivity index (χ2v) is 3.67. The molecule has 0 unspecified atom stereocenters. The summed E-state index contributed by atoms with van der Waals surface area (Å²) >= 11 is 1.54. The molecule has 0 heterocycles. The Kier molecular flexibility index (Phi) is 5.74. The molecule has 0 rings (SSSR count). The maximum atomic E-state index is 10.3. The van der Waals surface area contributed by atoms with Crippen molar-refractivity contribution >= 4 is 23.4 Å². The van der Waals surface area contributed by atoms with E-state index in [9.17, 15) is 4.79 Å². The third-order valence-corrected chi connectivity index (χ3v) is 2.37. The highest BCUT2D eigenvalue weighted by molar-refractivity contribution is 7.99. The van der Waals surface area contributed by atoms with E-state index in [1.54, 1.807) is 6.92 Å². The molecule has 0 aromatic carbocycles. The summed E-state index contributed by atoms with van der Waals surface area (Å²) < 4.78 is 0. The SMILES string of the molecule is CC(=N)CSCC[C@H](N)C(=O)O. The first-order valence-corrected chi connectivity index (χ1v) is 4.79. The van der Waals surface area contributed by atoms with Gasteiger partial charge in [0.05, 0.1) is 0 Å². The zero-order valence-corrected chi connectivity index (χ0v) is 7.86. The van der Waals surface area contributed by atoms with E-state index in [2.05, 4.69) is 0 Å². The van der Waals surface area contributed by atoms with Crippen LogP contribution in [0.5, 0.6) is 0 Å². The van der Waals surface area contributed by atoms with E-state index in [1.165, 1.54) is 11.8 Å². The van der Waals surface area contributed by atoms with Crippen molar-refractivity contribution in [3.8, 4) is 0 Å². The minimum atomic E-state index is -0.956. The lowest BCUT2D eigenvalue weighted by atomic mass is 10.2. The van der Waals surface area contributed by atoms with Crippen LogP contribution in [0.15, 0.2) is 0 Å². The number of carboxylic acids is 1. The van der Waals surface area contributed by atoms with E-state index in [0.717, 1.165) is 0 Å². The van der Waals surface area contributed by atoms with Gasteiger partial charge in [-0.05, 0) is 19.1 Å². The largest absolute Gasteiger partial charge is 0.480 e. The molecule has 0 aliphatic carbocycles. The van der Waals surface area contributed by atoms with Crippen LogP contribution in [0, 0.1) is 5.41 Å². The van der Waals surface area contributed by atoms with Gasteiger partial charge in [0.25, 0.3) is 0 Å². The third kappa shape index (κ3) is 6.18. The second kappa shape index (κ2) is 6.02. The number of hydrogen-bond donors (Lipinski definition) is 3. The normalized spacial score (nSPS) is 12.5. The second-order valence-electron chi connectivity index (χ2n) is 2.57. The van der Waals surface area contributed by atoms with Crippen molar-refractivity contribution < 1.29 is 9.90 Å². The maximum Gasteiger partial charge on any atom is 0.320 e. The van der Waals surface area contributed by atoms with E-state index in [1.807, 2.05) is 0 Å². The van der Waals surface area contributed by atoms with E-state index >= 15 is 0 Å². The average Bonchev–Trinajstić information content (AvgIpc) is 1.97. The number of rotatable bonds is 6. The Balaban J connectivity index is 3.31. The van der Waals surface area contributed by atoms with Gasteiger partial charge in [-0.15, -0.1) is 0 Å². The van der Waals surface area contributed by atoms with E-state index in [4.69, 9.17) is 16.2 Å². The van der Waals surface area contributed by atoms with Crippen LogP contribution in [0.2, 0.25) is 0 Å². The Morgan fingerprint density at radius 1 is 1.75 bits per heavy atom. The summed E-state index contributed by atoms with van der Waals surface area (Å²) in [6.45, 7) is 1.73. The summed E-state index contributed by atoms with van der Waals surface area (Å²) in [7, 11) is 0. The predicted octanol–water partition coefficient (Wildman–Crippen LogP) is 0.561. The fraction of sp³-hybridized carbons (Fsp3) is 0.714. The van der Waals surface area contributed by atoms with Gasteiger partial charge >= 0.3 is 5.97 Å². The van der Waals surface area contributed by atoms with Gasteiger partial charge in [-0.2, -0.15) is 11.8 Å². The number of carbonyl (C=O) groups is 1. The average molecular weight is 190 g/mol. The van der Waals surface area contributed by atoms with Crippen LogP contribution in [-0.4, -0.2) is 34.3 Å². The number of nitrogens with two attached hydrogens (primary N) is 1. The molecule has 0 aliphatic rings. The lowest BCUT2D eigenvalue weighted by Crippen LogP contribution is -2.30. The van der Waals surface area contributed by atoms with Crippen LogP contribution in [0.3, 0.4) is 0 Å². The molecule has 0 aromatic rings. The molecule has 12 heavy (non-hydrogen) atoms. The molecular formula is C7H14N2O2S. The lowest BCUT2D eigenvalue weighted by molar-refractivity contribution is -0.138. The van der Waals surface area contributed by atoms with E-state index in [-0.39, 0.29) is 0 Å².